The summed E-state index contributed by atoms with van der Waals surface area (Å²) in [7, 11) is 0. The summed E-state index contributed by atoms with van der Waals surface area (Å²) in [6.07, 6.45) is 2.61. The van der Waals surface area contributed by atoms with E-state index in [1.807, 2.05) is 0 Å². The maximum atomic E-state index is 12.4. The molecule has 4 rings (SSSR count). The highest BCUT2D eigenvalue weighted by atomic mass is 16.5. The lowest BCUT2D eigenvalue weighted by atomic mass is 10.1. The number of nitrogens with zero attached hydrogens (tertiary/aromatic N) is 2. The van der Waals surface area contributed by atoms with Gasteiger partial charge in [-0.1, -0.05) is 0 Å². The summed E-state index contributed by atoms with van der Waals surface area (Å²) in [6, 6.07) is 8.32. The van der Waals surface area contributed by atoms with E-state index in [9.17, 15) is 9.59 Å². The average Bonchev–Trinajstić information content (AvgIpc) is 3.25. The number of nitrogens with two attached hydrogens (primary N) is 1. The number of carbonyl (C=O) groups is 1. The van der Waals surface area contributed by atoms with Gasteiger partial charge in [-0.3, -0.25) is 9.59 Å². The van der Waals surface area contributed by atoms with E-state index in [4.69, 9.17) is 15.2 Å². The fraction of sp³-hybridized carbons (Fsp3) is 0.300. The molecule has 1 amide bonds. The Labute approximate surface area is 166 Å². The van der Waals surface area contributed by atoms with E-state index >= 15 is 0 Å². The number of H-pyrrole nitrogens is 1. The van der Waals surface area contributed by atoms with Gasteiger partial charge in [0, 0.05) is 37.0 Å². The van der Waals surface area contributed by atoms with Crippen molar-refractivity contribution in [2.45, 2.75) is 13.0 Å². The van der Waals surface area contributed by atoms with Crippen molar-refractivity contribution in [1.82, 2.24) is 20.3 Å². The zero-order chi connectivity index (χ0) is 20.2. The lowest BCUT2D eigenvalue weighted by molar-refractivity contribution is 0.0940. The molecule has 4 N–H and O–H groups in total. The Kier molecular flexibility index (Phi) is 5.39. The first-order valence-corrected chi connectivity index (χ1v) is 9.32. The van der Waals surface area contributed by atoms with Gasteiger partial charge in [0.2, 0.25) is 5.88 Å². The van der Waals surface area contributed by atoms with Crippen molar-refractivity contribution >= 4 is 22.5 Å². The van der Waals surface area contributed by atoms with Crippen LogP contribution in [0.2, 0.25) is 0 Å². The van der Waals surface area contributed by atoms with Gasteiger partial charge < -0.3 is 25.5 Å². The zero-order valence-corrected chi connectivity index (χ0v) is 15.7. The molecule has 1 aromatic carbocycles. The van der Waals surface area contributed by atoms with Gasteiger partial charge in [-0.05, 0) is 36.2 Å². The molecule has 29 heavy (non-hydrogen) atoms. The van der Waals surface area contributed by atoms with Crippen LogP contribution in [0.25, 0.3) is 10.9 Å². The minimum atomic E-state index is -0.483. The van der Waals surface area contributed by atoms with Crippen molar-refractivity contribution < 1.29 is 14.3 Å². The Bertz CT molecular complexity index is 1090. The second-order valence-corrected chi connectivity index (χ2v) is 6.92. The first-order valence-electron chi connectivity index (χ1n) is 9.32. The predicted octanol–water partition coefficient (Wildman–Crippen LogP) is 1.25. The molecule has 9 nitrogen and oxygen atoms in total. The highest BCUT2D eigenvalue weighted by molar-refractivity contribution is 5.92. The number of amides is 1. The van der Waals surface area contributed by atoms with Crippen LogP contribution >= 0.6 is 0 Å². The molecular weight excluding hydrogens is 374 g/mol. The number of nitrogens with one attached hydrogen (secondary N) is 2. The number of benzene rings is 1. The van der Waals surface area contributed by atoms with E-state index in [0.29, 0.717) is 41.6 Å². The van der Waals surface area contributed by atoms with Crippen LogP contribution in [0.3, 0.4) is 0 Å². The lowest BCUT2D eigenvalue weighted by Crippen LogP contribution is -2.27. The van der Waals surface area contributed by atoms with Crippen LogP contribution in [-0.4, -0.2) is 40.7 Å². The first kappa shape index (κ1) is 18.9. The SMILES string of the molecule is Nc1ccc2nc(C(=O)NCc3ccnc(OCC4CCOC4)c3)[nH]c(=O)c2c1. The van der Waals surface area contributed by atoms with E-state index in [2.05, 4.69) is 20.3 Å². The number of aromatic nitrogens is 3. The summed E-state index contributed by atoms with van der Waals surface area (Å²) in [5.74, 6) is 0.340. The van der Waals surface area contributed by atoms with Gasteiger partial charge in [-0.2, -0.15) is 0 Å². The van der Waals surface area contributed by atoms with Crippen LogP contribution in [0.5, 0.6) is 5.88 Å². The summed E-state index contributed by atoms with van der Waals surface area (Å²) in [5.41, 5.74) is 6.96. The molecule has 3 heterocycles. The number of nitrogen functional groups attached to an aromatic ring is 1. The molecule has 0 saturated carbocycles. The van der Waals surface area contributed by atoms with Crippen molar-refractivity contribution in [2.24, 2.45) is 5.92 Å². The highest BCUT2D eigenvalue weighted by Gasteiger charge is 2.16. The van der Waals surface area contributed by atoms with Crippen molar-refractivity contribution in [3.8, 4) is 5.88 Å². The molecule has 1 atom stereocenters. The van der Waals surface area contributed by atoms with Crippen molar-refractivity contribution in [3.05, 3.63) is 58.3 Å². The molecule has 1 aliphatic heterocycles. The molecular formula is C20H21N5O4. The van der Waals surface area contributed by atoms with Gasteiger partial charge in [0.1, 0.15) is 0 Å². The van der Waals surface area contributed by atoms with E-state index in [0.717, 1.165) is 18.6 Å². The fourth-order valence-electron chi connectivity index (χ4n) is 3.09. The number of rotatable bonds is 6. The van der Waals surface area contributed by atoms with Crippen molar-refractivity contribution in [1.29, 1.82) is 0 Å². The first-order chi connectivity index (χ1) is 14.1. The standard InChI is InChI=1S/C20H21N5O4/c21-14-1-2-16-15(8-14)19(26)25-18(24-16)20(27)23-9-12-3-5-22-17(7-12)29-11-13-4-6-28-10-13/h1-3,5,7-8,13H,4,6,9-11,21H2,(H,23,27)(H,24,25,26). The number of carbonyl (C=O) groups excluding carboxylic acids is 1. The smallest absolute Gasteiger partial charge is 0.287 e. The third-order valence-electron chi connectivity index (χ3n) is 4.69. The summed E-state index contributed by atoms with van der Waals surface area (Å²) in [4.78, 5) is 35.5. The third-order valence-corrected chi connectivity index (χ3v) is 4.69. The normalized spacial score (nSPS) is 16.1. The minimum absolute atomic E-state index is 0.0564. The van der Waals surface area contributed by atoms with Crippen LogP contribution in [0.4, 0.5) is 5.69 Å². The maximum absolute atomic E-state index is 12.4. The Morgan fingerprint density at radius 3 is 3.07 bits per heavy atom. The van der Waals surface area contributed by atoms with Gasteiger partial charge >= 0.3 is 0 Å². The molecule has 1 aliphatic rings. The third kappa shape index (κ3) is 4.52. The quantitative estimate of drug-likeness (QED) is 0.535. The zero-order valence-electron chi connectivity index (χ0n) is 15.7. The highest BCUT2D eigenvalue weighted by Crippen LogP contribution is 2.16. The number of ether oxygens (including phenoxy) is 2. The van der Waals surface area contributed by atoms with Gasteiger partial charge in [-0.15, -0.1) is 0 Å². The van der Waals surface area contributed by atoms with Crippen LogP contribution in [-0.2, 0) is 11.3 Å². The minimum Gasteiger partial charge on any atom is -0.477 e. The molecule has 0 radical (unpaired) electrons. The van der Waals surface area contributed by atoms with Crippen molar-refractivity contribution in [3.63, 3.8) is 0 Å². The Morgan fingerprint density at radius 1 is 1.34 bits per heavy atom. The number of aromatic amines is 1. The van der Waals surface area contributed by atoms with E-state index < -0.39 is 11.5 Å². The maximum Gasteiger partial charge on any atom is 0.287 e. The number of anilines is 1. The number of pyridine rings is 1. The molecule has 1 unspecified atom stereocenters. The van der Waals surface area contributed by atoms with Gasteiger partial charge in [0.15, 0.2) is 5.82 Å². The summed E-state index contributed by atoms with van der Waals surface area (Å²) < 4.78 is 11.1. The van der Waals surface area contributed by atoms with Crippen LogP contribution in [0.15, 0.2) is 41.3 Å². The van der Waals surface area contributed by atoms with Gasteiger partial charge in [-0.25, -0.2) is 9.97 Å². The van der Waals surface area contributed by atoms with Crippen LogP contribution in [0, 0.1) is 5.92 Å². The summed E-state index contributed by atoms with van der Waals surface area (Å²) in [5, 5.41) is 3.08. The molecule has 2 aromatic heterocycles. The van der Waals surface area contributed by atoms with Gasteiger partial charge in [0.25, 0.3) is 11.5 Å². The van der Waals surface area contributed by atoms with Gasteiger partial charge in [0.05, 0.1) is 24.1 Å². The topological polar surface area (TPSA) is 132 Å². The summed E-state index contributed by atoms with van der Waals surface area (Å²) in [6.45, 7) is 2.27. The average molecular weight is 395 g/mol. The van der Waals surface area contributed by atoms with E-state index in [1.54, 1.807) is 30.5 Å². The Morgan fingerprint density at radius 2 is 2.24 bits per heavy atom. The summed E-state index contributed by atoms with van der Waals surface area (Å²) >= 11 is 0. The van der Waals surface area contributed by atoms with E-state index in [1.165, 1.54) is 6.07 Å². The Hall–Kier alpha value is -3.46. The molecule has 0 spiro atoms. The van der Waals surface area contributed by atoms with Crippen molar-refractivity contribution in [2.75, 3.05) is 25.6 Å². The molecule has 9 heteroatoms. The monoisotopic (exact) mass is 395 g/mol. The molecule has 0 aliphatic carbocycles. The van der Waals surface area contributed by atoms with Crippen LogP contribution in [0.1, 0.15) is 22.6 Å². The molecule has 0 bridgehead atoms. The Balaban J connectivity index is 1.40. The molecule has 1 saturated heterocycles. The lowest BCUT2D eigenvalue weighted by Gasteiger charge is -2.11. The predicted molar refractivity (Wildman–Crippen MR) is 107 cm³/mol. The van der Waals surface area contributed by atoms with E-state index in [-0.39, 0.29) is 12.4 Å². The molecule has 3 aromatic rings. The molecule has 150 valence electrons. The number of hydrogen-bond acceptors (Lipinski definition) is 7. The largest absolute Gasteiger partial charge is 0.477 e. The van der Waals surface area contributed by atoms with Crippen LogP contribution < -0.4 is 21.3 Å². The number of fused-ring (bicyclic) bond motifs is 1. The second-order valence-electron chi connectivity index (χ2n) is 6.92. The number of hydrogen-bond donors (Lipinski definition) is 3. The second kappa shape index (κ2) is 8.27. The molecule has 1 fully saturated rings. The fourth-order valence-corrected chi connectivity index (χ4v) is 3.09.